The Morgan fingerprint density at radius 1 is 0.794 bits per heavy atom. The van der Waals surface area contributed by atoms with Crippen LogP contribution in [-0.4, -0.2) is 47.5 Å². The fourth-order valence-corrected chi connectivity index (χ4v) is 4.93. The van der Waals surface area contributed by atoms with E-state index in [2.05, 4.69) is 86.0 Å². The van der Waals surface area contributed by atoms with E-state index in [9.17, 15) is 0 Å². The lowest BCUT2D eigenvalue weighted by atomic mass is 10.0. The maximum Gasteiger partial charge on any atom is 0.124 e. The van der Waals surface area contributed by atoms with E-state index in [1.165, 1.54) is 19.3 Å². The average Bonchev–Trinajstić information content (AvgIpc) is 3.68. The van der Waals surface area contributed by atoms with E-state index in [1.807, 2.05) is 6.20 Å². The van der Waals surface area contributed by atoms with Crippen molar-refractivity contribution in [3.05, 3.63) is 65.2 Å². The van der Waals surface area contributed by atoms with Crippen LogP contribution < -0.4 is 16.0 Å². The van der Waals surface area contributed by atoms with Crippen LogP contribution in [0, 0.1) is 23.7 Å². The predicted octanol–water partition coefficient (Wildman–Crippen LogP) is 2.86. The first kappa shape index (κ1) is 21.1. The molecule has 6 nitrogen and oxygen atoms in total. The number of rotatable bonds is 2. The van der Waals surface area contributed by atoms with Gasteiger partial charge in [-0.25, -0.2) is 4.98 Å². The monoisotopic (exact) mass is 448 g/mol. The van der Waals surface area contributed by atoms with E-state index >= 15 is 0 Å². The lowest BCUT2D eigenvalue weighted by Gasteiger charge is -2.15. The first-order valence-electron chi connectivity index (χ1n) is 12.2. The van der Waals surface area contributed by atoms with Gasteiger partial charge in [-0.2, -0.15) is 0 Å². The molecule has 2 saturated heterocycles. The molecular weight excluding hydrogens is 420 g/mol. The largest absolute Gasteiger partial charge is 0.334 e. The van der Waals surface area contributed by atoms with Crippen molar-refractivity contribution in [2.24, 2.45) is 4.99 Å². The van der Waals surface area contributed by atoms with Gasteiger partial charge in [0.05, 0.1) is 12.2 Å². The Balaban J connectivity index is 1.15. The third-order valence-corrected chi connectivity index (χ3v) is 6.77. The molecule has 4 heterocycles. The fraction of sp³-hybridized carbons (Fsp3) is 0.357. The Kier molecular flexibility index (Phi) is 5.87. The van der Waals surface area contributed by atoms with Gasteiger partial charge in [-0.05, 0) is 85.7 Å². The molecule has 3 atom stereocenters. The van der Waals surface area contributed by atoms with E-state index in [0.29, 0.717) is 12.1 Å². The van der Waals surface area contributed by atoms with E-state index in [4.69, 9.17) is 4.99 Å². The van der Waals surface area contributed by atoms with E-state index < -0.39 is 0 Å². The number of nitrogens with zero attached hydrogens (tertiary/aromatic N) is 2. The van der Waals surface area contributed by atoms with Crippen molar-refractivity contribution in [2.75, 3.05) is 19.6 Å². The Hall–Kier alpha value is -3.42. The van der Waals surface area contributed by atoms with E-state index in [1.54, 1.807) is 0 Å². The van der Waals surface area contributed by atoms with E-state index in [0.717, 1.165) is 65.2 Å². The first-order chi connectivity index (χ1) is 16.8. The summed E-state index contributed by atoms with van der Waals surface area (Å²) in [7, 11) is 0. The van der Waals surface area contributed by atoms with Crippen LogP contribution in [0.3, 0.4) is 0 Å². The van der Waals surface area contributed by atoms with Gasteiger partial charge < -0.3 is 15.6 Å². The third-order valence-electron chi connectivity index (χ3n) is 6.77. The molecule has 3 unspecified atom stereocenters. The molecule has 34 heavy (non-hydrogen) atoms. The second-order valence-electron chi connectivity index (χ2n) is 9.21. The molecule has 0 spiro atoms. The first-order valence-corrected chi connectivity index (χ1v) is 12.2. The molecule has 4 N–H and O–H groups in total. The van der Waals surface area contributed by atoms with Crippen LogP contribution >= 0.6 is 0 Å². The van der Waals surface area contributed by atoms with Gasteiger partial charge in [-0.1, -0.05) is 24.0 Å². The quantitative estimate of drug-likeness (QED) is 0.455. The summed E-state index contributed by atoms with van der Waals surface area (Å²) in [5, 5.41) is 12.8. The topological polar surface area (TPSA) is 77.1 Å². The van der Waals surface area contributed by atoms with Crippen LogP contribution in [0.2, 0.25) is 0 Å². The molecule has 3 aliphatic rings. The molecule has 0 amide bonds. The summed E-state index contributed by atoms with van der Waals surface area (Å²) in [4.78, 5) is 12.6. The number of H-pyrrole nitrogens is 1. The molecule has 1 aromatic heterocycles. The van der Waals surface area contributed by atoms with Crippen molar-refractivity contribution >= 4 is 16.5 Å². The summed E-state index contributed by atoms with van der Waals surface area (Å²) in [5.41, 5.74) is 3.78. The molecule has 3 aliphatic heterocycles. The summed E-state index contributed by atoms with van der Waals surface area (Å²) in [5.74, 6) is 14.0. The number of aromatic amines is 1. The number of fused-ring (bicyclic) bond motifs is 1. The fourth-order valence-electron chi connectivity index (χ4n) is 4.93. The molecule has 0 saturated carbocycles. The lowest BCUT2D eigenvalue weighted by molar-refractivity contribution is 0.450. The summed E-state index contributed by atoms with van der Waals surface area (Å²) in [6, 6.07) is 13.4. The number of nitrogens with one attached hydrogen (secondary N) is 4. The Labute approximate surface area is 200 Å². The minimum atomic E-state index is 0.163. The summed E-state index contributed by atoms with van der Waals surface area (Å²) in [6.45, 7) is 2.90. The van der Waals surface area contributed by atoms with Gasteiger partial charge in [-0.3, -0.25) is 10.3 Å². The molecule has 6 heteroatoms. The number of benzene rings is 2. The number of imidazole rings is 1. The minimum absolute atomic E-state index is 0.163. The Morgan fingerprint density at radius 2 is 1.56 bits per heavy atom. The molecule has 0 bridgehead atoms. The van der Waals surface area contributed by atoms with Crippen molar-refractivity contribution in [1.82, 2.24) is 25.9 Å². The van der Waals surface area contributed by atoms with Crippen LogP contribution in [0.15, 0.2) is 47.6 Å². The highest BCUT2D eigenvalue weighted by atomic mass is 15.2. The van der Waals surface area contributed by atoms with Crippen LogP contribution in [-0.2, 0) is 0 Å². The molecule has 0 aliphatic carbocycles. The number of hydrogen-bond donors (Lipinski definition) is 4. The molecule has 6 rings (SSSR count). The molecule has 2 fully saturated rings. The van der Waals surface area contributed by atoms with Gasteiger partial charge in [0.25, 0.3) is 0 Å². The maximum atomic E-state index is 4.77. The Morgan fingerprint density at radius 3 is 2.29 bits per heavy atom. The van der Waals surface area contributed by atoms with Gasteiger partial charge >= 0.3 is 0 Å². The van der Waals surface area contributed by atoms with Crippen molar-refractivity contribution < 1.29 is 0 Å². The van der Waals surface area contributed by atoms with Gasteiger partial charge in [0, 0.05) is 23.7 Å². The van der Waals surface area contributed by atoms with Crippen molar-refractivity contribution in [3.8, 4) is 23.7 Å². The zero-order chi connectivity index (χ0) is 22.7. The maximum absolute atomic E-state index is 4.77. The second kappa shape index (κ2) is 9.44. The van der Waals surface area contributed by atoms with Crippen molar-refractivity contribution in [3.63, 3.8) is 0 Å². The molecule has 170 valence electrons. The van der Waals surface area contributed by atoms with Crippen molar-refractivity contribution in [2.45, 2.75) is 43.9 Å². The number of aromatic nitrogens is 2. The third kappa shape index (κ3) is 4.62. The SMILES string of the molecule is C(#Cc1ccc2cc(C#Cc3cnc(C4CCCN4)[nH]3)ccc2c1)C1=NC(C2CCCN2)NC1. The van der Waals surface area contributed by atoms with Crippen LogP contribution in [0.5, 0.6) is 0 Å². The van der Waals surface area contributed by atoms with Gasteiger partial charge in [0.2, 0.25) is 0 Å². The van der Waals surface area contributed by atoms with Crippen LogP contribution in [0.1, 0.15) is 54.4 Å². The van der Waals surface area contributed by atoms with Crippen molar-refractivity contribution in [1.29, 1.82) is 0 Å². The molecular formula is C28H28N6. The number of hydrogen-bond acceptors (Lipinski definition) is 5. The number of aliphatic imine (C=N–C) groups is 1. The summed E-state index contributed by atoms with van der Waals surface area (Å²) in [6.07, 6.45) is 6.72. The van der Waals surface area contributed by atoms with E-state index in [-0.39, 0.29) is 6.17 Å². The molecule has 0 radical (unpaired) electrons. The normalized spacial score (nSPS) is 23.9. The lowest BCUT2D eigenvalue weighted by Crippen LogP contribution is -2.40. The Bertz CT molecular complexity index is 1350. The predicted molar refractivity (Wildman–Crippen MR) is 136 cm³/mol. The standard InChI is InChI=1S/C28H28N6/c1-3-25(29-13-1)27-31-17-23(33-27)11-7-19-5-9-22-16-20(6-10-21(22)15-19)8-12-24-18-32-28(34-24)26-4-2-14-30-26/h5-6,9-10,15-17,25-26,28-30,32H,1-4,13-14,18H2,(H,31,33). The van der Waals surface area contributed by atoms with Crippen LogP contribution in [0.4, 0.5) is 0 Å². The molecule has 3 aromatic rings. The summed E-state index contributed by atoms with van der Waals surface area (Å²) < 4.78 is 0. The van der Waals surface area contributed by atoms with Gasteiger partial charge in [-0.15, -0.1) is 0 Å². The minimum Gasteiger partial charge on any atom is -0.334 e. The zero-order valence-corrected chi connectivity index (χ0v) is 19.1. The highest BCUT2D eigenvalue weighted by molar-refractivity contribution is 6.03. The van der Waals surface area contributed by atoms with Crippen LogP contribution in [0.25, 0.3) is 10.8 Å². The second-order valence-corrected chi connectivity index (χ2v) is 9.21. The van der Waals surface area contributed by atoms with Gasteiger partial charge in [0.1, 0.15) is 23.4 Å². The smallest absolute Gasteiger partial charge is 0.124 e. The average molecular weight is 449 g/mol. The highest BCUT2D eigenvalue weighted by Gasteiger charge is 2.27. The summed E-state index contributed by atoms with van der Waals surface area (Å²) >= 11 is 0. The molecule has 2 aromatic carbocycles. The van der Waals surface area contributed by atoms with Gasteiger partial charge in [0.15, 0.2) is 0 Å². The zero-order valence-electron chi connectivity index (χ0n) is 19.1. The highest BCUT2D eigenvalue weighted by Crippen LogP contribution is 2.20.